The van der Waals surface area contributed by atoms with E-state index < -0.39 is 0 Å². The van der Waals surface area contributed by atoms with Gasteiger partial charge in [-0.25, -0.2) is 14.8 Å². The Labute approximate surface area is 171 Å². The van der Waals surface area contributed by atoms with Gasteiger partial charge in [-0.15, -0.1) is 0 Å². The molecule has 0 radical (unpaired) electrons. The van der Waals surface area contributed by atoms with E-state index in [1.165, 1.54) is 19.3 Å². The molecule has 0 bridgehead atoms. The Morgan fingerprint density at radius 3 is 2.76 bits per heavy atom. The number of carbonyl (C=O) groups excluding carboxylic acids is 1. The van der Waals surface area contributed by atoms with Gasteiger partial charge in [0.1, 0.15) is 6.04 Å². The number of amidine groups is 1. The van der Waals surface area contributed by atoms with Crippen molar-refractivity contribution in [3.8, 4) is 0 Å². The van der Waals surface area contributed by atoms with Gasteiger partial charge in [0.15, 0.2) is 5.84 Å². The first-order valence-electron chi connectivity index (χ1n) is 10.6. The average Bonchev–Trinajstić information content (AvgIpc) is 2.76. The number of nitrogens with one attached hydrogen (secondary N) is 1. The zero-order valence-electron chi connectivity index (χ0n) is 17.2. The van der Waals surface area contributed by atoms with Crippen LogP contribution in [0, 0.1) is 0 Å². The van der Waals surface area contributed by atoms with Crippen molar-refractivity contribution < 1.29 is 9.90 Å². The van der Waals surface area contributed by atoms with Crippen LogP contribution in [0.15, 0.2) is 34.3 Å². The first kappa shape index (κ1) is 19.7. The summed E-state index contributed by atoms with van der Waals surface area (Å²) in [5, 5.41) is 16.6. The Kier molecular flexibility index (Phi) is 5.71. The van der Waals surface area contributed by atoms with Crippen LogP contribution in [-0.2, 0) is 6.61 Å². The fraction of sp³-hybridized carbons (Fsp3) is 0.571. The Bertz CT molecular complexity index is 817. The van der Waals surface area contributed by atoms with Crippen molar-refractivity contribution in [1.82, 2.24) is 14.9 Å². The summed E-state index contributed by atoms with van der Waals surface area (Å²) in [5.74, 6) is 1.45. The van der Waals surface area contributed by atoms with Crippen LogP contribution in [0.5, 0.6) is 0 Å². The van der Waals surface area contributed by atoms with E-state index in [4.69, 9.17) is 4.99 Å². The van der Waals surface area contributed by atoms with Gasteiger partial charge in [0.25, 0.3) is 0 Å². The topological polar surface area (TPSA) is 83.8 Å². The summed E-state index contributed by atoms with van der Waals surface area (Å²) >= 11 is 0. The normalized spacial score (nSPS) is 22.9. The van der Waals surface area contributed by atoms with Crippen molar-refractivity contribution in [2.24, 2.45) is 9.98 Å². The van der Waals surface area contributed by atoms with Gasteiger partial charge in [-0.1, -0.05) is 31.4 Å². The Morgan fingerprint density at radius 2 is 2.03 bits per heavy atom. The highest BCUT2D eigenvalue weighted by Gasteiger charge is 2.44. The van der Waals surface area contributed by atoms with Crippen LogP contribution in [-0.4, -0.2) is 70.1 Å². The molecule has 2 aliphatic heterocycles. The number of carbonyl (C=O) groups is 1. The molecule has 156 valence electrons. The summed E-state index contributed by atoms with van der Waals surface area (Å²) in [6, 6.07) is 7.78. The zero-order chi connectivity index (χ0) is 20.4. The molecule has 1 saturated carbocycles. The second-order valence-corrected chi connectivity index (χ2v) is 7.88. The zero-order valence-corrected chi connectivity index (χ0v) is 17.2. The molecule has 29 heavy (non-hydrogen) atoms. The van der Waals surface area contributed by atoms with Crippen molar-refractivity contribution in [3.05, 3.63) is 29.8 Å². The SMILES string of the molecule is CCN1C(=O)N(C)C2CN=C(Nc3cccc(CO)c3)N=C2N1C1CCCCC1. The van der Waals surface area contributed by atoms with Crippen LogP contribution in [0.2, 0.25) is 0 Å². The molecule has 8 heteroatoms. The average molecular weight is 399 g/mol. The molecule has 1 atom stereocenters. The summed E-state index contributed by atoms with van der Waals surface area (Å²) < 4.78 is 0. The molecule has 3 aliphatic rings. The molecule has 1 aromatic rings. The van der Waals surface area contributed by atoms with E-state index in [0.29, 0.717) is 25.1 Å². The molecule has 1 aromatic carbocycles. The fourth-order valence-corrected chi connectivity index (χ4v) is 4.45. The second-order valence-electron chi connectivity index (χ2n) is 7.88. The lowest BCUT2D eigenvalue weighted by Crippen LogP contribution is -2.69. The Morgan fingerprint density at radius 1 is 1.24 bits per heavy atom. The number of anilines is 1. The van der Waals surface area contributed by atoms with Crippen molar-refractivity contribution in [3.63, 3.8) is 0 Å². The molecule has 2 heterocycles. The third-order valence-corrected chi connectivity index (χ3v) is 6.00. The molecular weight excluding hydrogens is 368 g/mol. The predicted molar refractivity (Wildman–Crippen MR) is 114 cm³/mol. The van der Waals surface area contributed by atoms with Gasteiger partial charge in [0, 0.05) is 19.3 Å². The van der Waals surface area contributed by atoms with Crippen LogP contribution < -0.4 is 5.32 Å². The van der Waals surface area contributed by atoms with Gasteiger partial charge in [-0.05, 0) is 37.5 Å². The number of hydrazine groups is 1. The number of benzene rings is 1. The lowest BCUT2D eigenvalue weighted by Gasteiger charge is -2.51. The molecule has 1 unspecified atom stereocenters. The molecule has 8 nitrogen and oxygen atoms in total. The highest BCUT2D eigenvalue weighted by Crippen LogP contribution is 2.30. The van der Waals surface area contributed by atoms with Crippen LogP contribution in [0.3, 0.4) is 0 Å². The number of rotatable bonds is 4. The van der Waals surface area contributed by atoms with Crippen molar-refractivity contribution >= 4 is 23.5 Å². The van der Waals surface area contributed by atoms with Crippen LogP contribution in [0.4, 0.5) is 10.5 Å². The number of aliphatic hydroxyl groups excluding tert-OH is 1. The van der Waals surface area contributed by atoms with Gasteiger partial charge in [-0.2, -0.15) is 4.99 Å². The number of guanidine groups is 1. The maximum Gasteiger partial charge on any atom is 0.339 e. The van der Waals surface area contributed by atoms with Crippen molar-refractivity contribution in [2.75, 3.05) is 25.5 Å². The summed E-state index contributed by atoms with van der Waals surface area (Å²) in [4.78, 5) is 24.2. The minimum atomic E-state index is -0.137. The molecule has 2 fully saturated rings. The minimum absolute atomic E-state index is 0.00753. The van der Waals surface area contributed by atoms with E-state index in [1.807, 2.05) is 43.2 Å². The highest BCUT2D eigenvalue weighted by atomic mass is 16.3. The minimum Gasteiger partial charge on any atom is -0.392 e. The third kappa shape index (κ3) is 3.81. The van der Waals surface area contributed by atoms with Crippen LogP contribution in [0.25, 0.3) is 0 Å². The number of hydrogen-bond donors (Lipinski definition) is 2. The van der Waals surface area contributed by atoms with E-state index in [9.17, 15) is 9.90 Å². The van der Waals surface area contributed by atoms with E-state index >= 15 is 0 Å². The summed E-state index contributed by atoms with van der Waals surface area (Å²) in [5.41, 5.74) is 1.68. The van der Waals surface area contributed by atoms with E-state index in [2.05, 4.69) is 15.3 Å². The lowest BCUT2D eigenvalue weighted by atomic mass is 9.94. The number of fused-ring (bicyclic) bond motifs is 1. The van der Waals surface area contributed by atoms with Crippen molar-refractivity contribution in [2.45, 2.75) is 57.7 Å². The van der Waals surface area contributed by atoms with Crippen LogP contribution >= 0.6 is 0 Å². The van der Waals surface area contributed by atoms with Crippen molar-refractivity contribution in [1.29, 1.82) is 0 Å². The first-order chi connectivity index (χ1) is 14.1. The lowest BCUT2D eigenvalue weighted by molar-refractivity contribution is -0.00560. The molecular formula is C21H30N6O2. The number of likely N-dealkylation sites (N-methyl/N-ethyl adjacent to an activating group) is 1. The smallest absolute Gasteiger partial charge is 0.339 e. The van der Waals surface area contributed by atoms with Crippen LogP contribution in [0.1, 0.15) is 44.6 Å². The number of hydrogen-bond acceptors (Lipinski definition) is 6. The molecule has 2 N–H and O–H groups in total. The van der Waals surface area contributed by atoms with E-state index in [0.717, 1.165) is 29.9 Å². The first-order valence-corrected chi connectivity index (χ1v) is 10.6. The standard InChI is InChI=1S/C21H30N6O2/c1-3-26-21(29)25(2)18-13-22-20(23-16-9-7-8-15(12-16)14-28)24-19(18)27(26)17-10-5-4-6-11-17/h7-9,12,17-18,28H,3-6,10-11,13-14H2,1-2H3,(H,22,23). The molecule has 1 saturated heterocycles. The molecule has 1 aliphatic carbocycles. The number of aliphatic hydroxyl groups is 1. The number of urea groups is 1. The third-order valence-electron chi connectivity index (χ3n) is 6.00. The Balaban J connectivity index is 1.64. The van der Waals surface area contributed by atoms with Gasteiger partial charge < -0.3 is 15.3 Å². The molecule has 0 aromatic heterocycles. The number of amides is 2. The monoisotopic (exact) mass is 398 g/mol. The van der Waals surface area contributed by atoms with Gasteiger partial charge in [0.2, 0.25) is 5.96 Å². The maximum atomic E-state index is 13.0. The quantitative estimate of drug-likeness (QED) is 0.817. The van der Waals surface area contributed by atoms with Gasteiger partial charge in [0.05, 0.1) is 19.2 Å². The molecule has 4 rings (SSSR count). The summed E-state index contributed by atoms with van der Waals surface area (Å²) in [6.07, 6.45) is 5.80. The van der Waals surface area contributed by atoms with E-state index in [-0.39, 0.29) is 18.7 Å². The van der Waals surface area contributed by atoms with Gasteiger partial charge in [-0.3, -0.25) is 5.01 Å². The second kappa shape index (κ2) is 8.41. The fourth-order valence-electron chi connectivity index (χ4n) is 4.45. The Hall–Kier alpha value is -2.61. The molecule has 2 amide bonds. The largest absolute Gasteiger partial charge is 0.392 e. The number of aliphatic imine (C=N–C) groups is 2. The van der Waals surface area contributed by atoms with Gasteiger partial charge >= 0.3 is 6.03 Å². The number of nitrogens with zero attached hydrogens (tertiary/aromatic N) is 5. The van der Waals surface area contributed by atoms with E-state index in [1.54, 1.807) is 4.90 Å². The predicted octanol–water partition coefficient (Wildman–Crippen LogP) is 2.66. The molecule has 0 spiro atoms. The summed E-state index contributed by atoms with van der Waals surface area (Å²) in [6.45, 7) is 3.11. The highest BCUT2D eigenvalue weighted by molar-refractivity contribution is 6.08. The maximum absolute atomic E-state index is 13.0. The summed E-state index contributed by atoms with van der Waals surface area (Å²) in [7, 11) is 1.84.